The quantitative estimate of drug-likeness (QED) is 0.571. The summed E-state index contributed by atoms with van der Waals surface area (Å²) in [5, 5.41) is 1.78. The molecule has 3 aromatic rings. The summed E-state index contributed by atoms with van der Waals surface area (Å²) >= 11 is 1.25. The number of unbranched alkanes of at least 4 members (excludes halogenated alkanes) is 1. The Morgan fingerprint density at radius 3 is 2.68 bits per heavy atom. The van der Waals surface area contributed by atoms with Gasteiger partial charge in [-0.15, -0.1) is 11.3 Å². The van der Waals surface area contributed by atoms with Crippen molar-refractivity contribution in [1.82, 2.24) is 14.2 Å². The molecule has 2 aromatic heterocycles. The summed E-state index contributed by atoms with van der Waals surface area (Å²) in [6, 6.07) is 14.2. The first-order valence-corrected chi connectivity index (χ1v) is 12.0. The standard InChI is InChI=1S/C21H25N3O2S2/c25-28(26,21-6-5-15-27-21)22-10-1-2-11-23-14-9-18-7-8-20(16-19(18)17-23)24-12-3-4-13-24/h3-8,12-13,15-16,22H,1-2,9-11,14,17H2. The molecule has 4 rings (SSSR count). The fourth-order valence-corrected chi connectivity index (χ4v) is 5.73. The van der Waals surface area contributed by atoms with Crippen LogP contribution in [0.15, 0.2) is 64.4 Å². The van der Waals surface area contributed by atoms with Crippen LogP contribution in [0.3, 0.4) is 0 Å². The molecule has 1 N–H and O–H groups in total. The van der Waals surface area contributed by atoms with Gasteiger partial charge in [0.25, 0.3) is 0 Å². The van der Waals surface area contributed by atoms with E-state index in [0.717, 1.165) is 38.9 Å². The summed E-state index contributed by atoms with van der Waals surface area (Å²) < 4.78 is 29.4. The van der Waals surface area contributed by atoms with Gasteiger partial charge in [-0.3, -0.25) is 4.90 Å². The van der Waals surface area contributed by atoms with E-state index in [1.807, 2.05) is 12.1 Å². The molecule has 0 fully saturated rings. The summed E-state index contributed by atoms with van der Waals surface area (Å²) in [5.41, 5.74) is 4.04. The van der Waals surface area contributed by atoms with E-state index in [1.165, 1.54) is 28.2 Å². The monoisotopic (exact) mass is 415 g/mol. The van der Waals surface area contributed by atoms with E-state index in [9.17, 15) is 8.42 Å². The molecule has 3 heterocycles. The summed E-state index contributed by atoms with van der Waals surface area (Å²) in [6.07, 6.45) is 7.04. The van der Waals surface area contributed by atoms with Crippen LogP contribution in [-0.2, 0) is 23.0 Å². The molecule has 0 bridgehead atoms. The number of aromatic nitrogens is 1. The van der Waals surface area contributed by atoms with E-state index in [2.05, 4.69) is 44.8 Å². The van der Waals surface area contributed by atoms with E-state index in [4.69, 9.17) is 0 Å². The molecule has 1 aliphatic heterocycles. The second-order valence-electron chi connectivity index (χ2n) is 7.11. The number of fused-ring (bicyclic) bond motifs is 1. The maximum Gasteiger partial charge on any atom is 0.250 e. The van der Waals surface area contributed by atoms with Crippen molar-refractivity contribution in [1.29, 1.82) is 0 Å². The van der Waals surface area contributed by atoms with Crippen molar-refractivity contribution in [3.05, 3.63) is 71.4 Å². The highest BCUT2D eigenvalue weighted by Crippen LogP contribution is 2.22. The molecular formula is C21H25N3O2S2. The third kappa shape index (κ3) is 4.55. The first-order valence-electron chi connectivity index (χ1n) is 9.62. The molecule has 0 saturated heterocycles. The van der Waals surface area contributed by atoms with Crippen LogP contribution >= 0.6 is 11.3 Å². The van der Waals surface area contributed by atoms with Gasteiger partial charge in [0.15, 0.2) is 0 Å². The predicted molar refractivity (Wildman–Crippen MR) is 113 cm³/mol. The van der Waals surface area contributed by atoms with E-state index < -0.39 is 10.0 Å². The molecule has 1 aliphatic rings. The zero-order valence-corrected chi connectivity index (χ0v) is 17.4. The predicted octanol–water partition coefficient (Wildman–Crippen LogP) is 3.66. The molecule has 28 heavy (non-hydrogen) atoms. The van der Waals surface area contributed by atoms with Crippen LogP contribution in [0.4, 0.5) is 0 Å². The Morgan fingerprint density at radius 1 is 1.04 bits per heavy atom. The molecule has 0 saturated carbocycles. The molecule has 0 aliphatic carbocycles. The van der Waals surface area contributed by atoms with Crippen molar-refractivity contribution >= 4 is 21.4 Å². The van der Waals surface area contributed by atoms with Crippen LogP contribution in [0.5, 0.6) is 0 Å². The Balaban J connectivity index is 1.25. The normalized spacial score (nSPS) is 14.9. The Hall–Kier alpha value is -1.93. The van der Waals surface area contributed by atoms with Gasteiger partial charge >= 0.3 is 0 Å². The summed E-state index contributed by atoms with van der Waals surface area (Å²) in [5.74, 6) is 0. The lowest BCUT2D eigenvalue weighted by Crippen LogP contribution is -2.32. The van der Waals surface area contributed by atoms with Crippen LogP contribution in [0.1, 0.15) is 24.0 Å². The van der Waals surface area contributed by atoms with Crippen molar-refractivity contribution in [2.24, 2.45) is 0 Å². The Kier molecular flexibility index (Phi) is 5.96. The second-order valence-corrected chi connectivity index (χ2v) is 10.0. The van der Waals surface area contributed by atoms with Crippen LogP contribution in [-0.4, -0.2) is 37.5 Å². The molecular weight excluding hydrogens is 390 g/mol. The van der Waals surface area contributed by atoms with E-state index in [1.54, 1.807) is 17.5 Å². The maximum atomic E-state index is 12.1. The van der Waals surface area contributed by atoms with E-state index in [0.29, 0.717) is 10.8 Å². The van der Waals surface area contributed by atoms with Gasteiger partial charge in [0.05, 0.1) is 0 Å². The molecule has 5 nitrogen and oxygen atoms in total. The molecule has 0 unspecified atom stereocenters. The number of rotatable bonds is 8. The molecule has 0 radical (unpaired) electrons. The number of nitrogens with one attached hydrogen (secondary N) is 1. The number of thiophene rings is 1. The third-order valence-electron chi connectivity index (χ3n) is 5.14. The van der Waals surface area contributed by atoms with Gasteiger partial charge in [-0.25, -0.2) is 13.1 Å². The number of hydrogen-bond donors (Lipinski definition) is 1. The van der Waals surface area contributed by atoms with Crippen molar-refractivity contribution in [2.75, 3.05) is 19.6 Å². The largest absolute Gasteiger partial charge is 0.324 e. The lowest BCUT2D eigenvalue weighted by molar-refractivity contribution is 0.249. The smallest absolute Gasteiger partial charge is 0.250 e. The van der Waals surface area contributed by atoms with Crippen molar-refractivity contribution in [3.63, 3.8) is 0 Å². The van der Waals surface area contributed by atoms with E-state index >= 15 is 0 Å². The maximum absolute atomic E-state index is 12.1. The van der Waals surface area contributed by atoms with E-state index in [-0.39, 0.29) is 0 Å². The molecule has 1 aromatic carbocycles. The molecule has 0 amide bonds. The van der Waals surface area contributed by atoms with Gasteiger partial charge < -0.3 is 4.57 Å². The molecule has 0 atom stereocenters. The van der Waals surface area contributed by atoms with Gasteiger partial charge in [0.2, 0.25) is 10.0 Å². The highest BCUT2D eigenvalue weighted by molar-refractivity contribution is 7.91. The fourth-order valence-electron chi connectivity index (χ4n) is 3.61. The minimum Gasteiger partial charge on any atom is -0.324 e. The first-order chi connectivity index (χ1) is 13.6. The highest BCUT2D eigenvalue weighted by Gasteiger charge is 2.17. The zero-order valence-electron chi connectivity index (χ0n) is 15.8. The van der Waals surface area contributed by atoms with Crippen LogP contribution in [0.25, 0.3) is 5.69 Å². The first kappa shape index (κ1) is 19.4. The summed E-state index contributed by atoms with van der Waals surface area (Å²) in [7, 11) is -3.34. The Labute approximate surface area is 170 Å². The van der Waals surface area contributed by atoms with Crippen LogP contribution in [0, 0.1) is 0 Å². The third-order valence-corrected chi connectivity index (χ3v) is 8.00. The number of nitrogens with zero attached hydrogens (tertiary/aromatic N) is 2. The average Bonchev–Trinajstić information content (AvgIpc) is 3.41. The van der Waals surface area contributed by atoms with Crippen molar-refractivity contribution in [2.45, 2.75) is 30.0 Å². The topological polar surface area (TPSA) is 54.3 Å². The number of sulfonamides is 1. The van der Waals surface area contributed by atoms with Gasteiger partial charge in [-0.1, -0.05) is 12.1 Å². The average molecular weight is 416 g/mol. The zero-order chi connectivity index (χ0) is 19.4. The van der Waals surface area contributed by atoms with Gasteiger partial charge in [-0.2, -0.15) is 0 Å². The fraction of sp³-hybridized carbons (Fsp3) is 0.333. The number of benzene rings is 1. The minimum absolute atomic E-state index is 0.388. The van der Waals surface area contributed by atoms with Crippen LogP contribution < -0.4 is 4.72 Å². The van der Waals surface area contributed by atoms with Crippen LogP contribution in [0.2, 0.25) is 0 Å². The summed E-state index contributed by atoms with van der Waals surface area (Å²) in [6.45, 7) is 3.51. The van der Waals surface area contributed by atoms with Crippen molar-refractivity contribution in [3.8, 4) is 5.69 Å². The summed E-state index contributed by atoms with van der Waals surface area (Å²) in [4.78, 5) is 2.47. The van der Waals surface area contributed by atoms with Gasteiger partial charge in [0.1, 0.15) is 4.21 Å². The highest BCUT2D eigenvalue weighted by atomic mass is 32.2. The lowest BCUT2D eigenvalue weighted by Gasteiger charge is -2.29. The second kappa shape index (κ2) is 8.61. The lowest BCUT2D eigenvalue weighted by atomic mass is 9.99. The van der Waals surface area contributed by atoms with Gasteiger partial charge in [0, 0.05) is 37.7 Å². The Morgan fingerprint density at radius 2 is 1.89 bits per heavy atom. The van der Waals surface area contributed by atoms with Gasteiger partial charge in [-0.05, 0) is 72.6 Å². The minimum atomic E-state index is -3.34. The molecule has 148 valence electrons. The van der Waals surface area contributed by atoms with Crippen molar-refractivity contribution < 1.29 is 8.42 Å². The Bertz CT molecular complexity index is 996. The molecule has 7 heteroatoms. The SMILES string of the molecule is O=S(=O)(NCCCCN1CCc2ccc(-n3cccc3)cc2C1)c1cccs1. The molecule has 0 spiro atoms. The number of hydrogen-bond acceptors (Lipinski definition) is 4.